The van der Waals surface area contributed by atoms with Crippen LogP contribution in [0.1, 0.15) is 6.42 Å². The van der Waals surface area contributed by atoms with E-state index in [1.165, 1.54) is 12.1 Å². The zero-order valence-electron chi connectivity index (χ0n) is 11.3. The molecule has 0 saturated heterocycles. The van der Waals surface area contributed by atoms with Crippen LogP contribution >= 0.6 is 0 Å². The molecule has 2 rings (SSSR count). The van der Waals surface area contributed by atoms with Crippen molar-refractivity contribution in [1.29, 1.82) is 0 Å². The molecule has 2 aromatic carbocycles. The van der Waals surface area contributed by atoms with Gasteiger partial charge < -0.3 is 10.2 Å². The Kier molecular flexibility index (Phi) is 4.71. The molecule has 0 aliphatic heterocycles. The summed E-state index contributed by atoms with van der Waals surface area (Å²) in [6.45, 7) is 0.622. The number of hydrogen-bond acceptors (Lipinski definition) is 2. The van der Waals surface area contributed by atoms with Crippen LogP contribution in [0.4, 0.5) is 15.8 Å². The largest absolute Gasteiger partial charge is 0.374 e. The zero-order chi connectivity index (χ0) is 14.4. The lowest BCUT2D eigenvalue weighted by Gasteiger charge is -2.18. The van der Waals surface area contributed by atoms with Crippen LogP contribution in [0.3, 0.4) is 0 Å². The fourth-order valence-electron chi connectivity index (χ4n) is 1.84. The summed E-state index contributed by atoms with van der Waals surface area (Å²) < 4.78 is 12.7. The van der Waals surface area contributed by atoms with Crippen molar-refractivity contribution in [2.24, 2.45) is 0 Å². The number of amides is 1. The van der Waals surface area contributed by atoms with Crippen molar-refractivity contribution in [3.05, 3.63) is 60.4 Å². The fourth-order valence-corrected chi connectivity index (χ4v) is 1.84. The van der Waals surface area contributed by atoms with Crippen LogP contribution in [0, 0.1) is 5.82 Å². The minimum Gasteiger partial charge on any atom is -0.374 e. The summed E-state index contributed by atoms with van der Waals surface area (Å²) in [7, 11) is 1.94. The molecule has 0 fully saturated rings. The summed E-state index contributed by atoms with van der Waals surface area (Å²) in [6, 6.07) is 15.6. The van der Waals surface area contributed by atoms with Crippen LogP contribution in [0.15, 0.2) is 54.6 Å². The molecule has 1 N–H and O–H groups in total. The number of carbonyl (C=O) groups excluding carboxylic acids is 1. The van der Waals surface area contributed by atoms with E-state index in [1.807, 2.05) is 42.3 Å². The van der Waals surface area contributed by atoms with E-state index in [0.29, 0.717) is 18.7 Å². The highest BCUT2D eigenvalue weighted by atomic mass is 19.1. The van der Waals surface area contributed by atoms with Crippen molar-refractivity contribution in [1.82, 2.24) is 0 Å². The second kappa shape index (κ2) is 6.70. The second-order valence-electron chi connectivity index (χ2n) is 4.56. The van der Waals surface area contributed by atoms with Crippen molar-refractivity contribution in [3.63, 3.8) is 0 Å². The Hall–Kier alpha value is -2.36. The molecule has 104 valence electrons. The molecule has 0 aliphatic rings. The SMILES string of the molecule is CN(CCC(=O)Nc1ccc(F)cc1)c1ccccc1. The molecule has 1 amide bonds. The van der Waals surface area contributed by atoms with Crippen LogP contribution < -0.4 is 10.2 Å². The van der Waals surface area contributed by atoms with Crippen molar-refractivity contribution in [2.45, 2.75) is 6.42 Å². The number of anilines is 2. The van der Waals surface area contributed by atoms with Gasteiger partial charge in [-0.1, -0.05) is 18.2 Å². The van der Waals surface area contributed by atoms with E-state index < -0.39 is 0 Å². The summed E-state index contributed by atoms with van der Waals surface area (Å²) in [4.78, 5) is 13.8. The quantitative estimate of drug-likeness (QED) is 0.905. The van der Waals surface area contributed by atoms with E-state index in [1.54, 1.807) is 12.1 Å². The van der Waals surface area contributed by atoms with E-state index >= 15 is 0 Å². The number of nitrogens with one attached hydrogen (secondary N) is 1. The van der Waals surface area contributed by atoms with E-state index in [4.69, 9.17) is 0 Å². The van der Waals surface area contributed by atoms with Gasteiger partial charge in [-0.15, -0.1) is 0 Å². The molecule has 0 saturated carbocycles. The minimum atomic E-state index is -0.313. The summed E-state index contributed by atoms with van der Waals surface area (Å²) in [5, 5.41) is 2.74. The van der Waals surface area contributed by atoms with Gasteiger partial charge in [-0.05, 0) is 36.4 Å². The first kappa shape index (κ1) is 14.1. The molecule has 0 bridgehead atoms. The summed E-state index contributed by atoms with van der Waals surface area (Å²) >= 11 is 0. The topological polar surface area (TPSA) is 32.3 Å². The third kappa shape index (κ3) is 4.09. The number of carbonyl (C=O) groups is 1. The van der Waals surface area contributed by atoms with E-state index in [0.717, 1.165) is 5.69 Å². The molecule has 0 radical (unpaired) electrons. The number of hydrogen-bond donors (Lipinski definition) is 1. The van der Waals surface area contributed by atoms with Crippen LogP contribution in [0.5, 0.6) is 0 Å². The Balaban J connectivity index is 1.82. The highest BCUT2D eigenvalue weighted by molar-refractivity contribution is 5.90. The molecule has 0 spiro atoms. The van der Waals surface area contributed by atoms with Crippen molar-refractivity contribution in [3.8, 4) is 0 Å². The van der Waals surface area contributed by atoms with Crippen molar-refractivity contribution >= 4 is 17.3 Å². The molecular formula is C16H17FN2O. The lowest BCUT2D eigenvalue weighted by Crippen LogP contribution is -2.23. The van der Waals surface area contributed by atoms with Crippen molar-refractivity contribution in [2.75, 3.05) is 23.8 Å². The predicted molar refractivity (Wildman–Crippen MR) is 79.4 cm³/mol. The Morgan fingerprint density at radius 2 is 1.75 bits per heavy atom. The molecule has 0 aliphatic carbocycles. The second-order valence-corrected chi connectivity index (χ2v) is 4.56. The predicted octanol–water partition coefficient (Wildman–Crippen LogP) is 3.29. The highest BCUT2D eigenvalue weighted by Crippen LogP contribution is 2.12. The van der Waals surface area contributed by atoms with Gasteiger partial charge in [0.25, 0.3) is 0 Å². The lowest BCUT2D eigenvalue weighted by atomic mass is 10.2. The molecule has 3 nitrogen and oxygen atoms in total. The average molecular weight is 272 g/mol. The van der Waals surface area contributed by atoms with Crippen LogP contribution in [0.25, 0.3) is 0 Å². The van der Waals surface area contributed by atoms with Gasteiger partial charge in [0.05, 0.1) is 0 Å². The minimum absolute atomic E-state index is 0.0839. The molecule has 2 aromatic rings. The van der Waals surface area contributed by atoms with E-state index in [2.05, 4.69) is 5.32 Å². The van der Waals surface area contributed by atoms with Gasteiger partial charge in [-0.3, -0.25) is 4.79 Å². The van der Waals surface area contributed by atoms with Crippen molar-refractivity contribution < 1.29 is 9.18 Å². The Bertz CT molecular complexity index is 554. The molecule has 0 unspecified atom stereocenters. The highest BCUT2D eigenvalue weighted by Gasteiger charge is 2.05. The maximum atomic E-state index is 12.7. The van der Waals surface area contributed by atoms with Gasteiger partial charge in [0, 0.05) is 31.4 Å². The number of benzene rings is 2. The van der Waals surface area contributed by atoms with Gasteiger partial charge in [-0.25, -0.2) is 4.39 Å². The van der Waals surface area contributed by atoms with Gasteiger partial charge in [0.2, 0.25) is 5.91 Å². The maximum Gasteiger partial charge on any atom is 0.226 e. The van der Waals surface area contributed by atoms with E-state index in [-0.39, 0.29) is 11.7 Å². The first-order valence-electron chi connectivity index (χ1n) is 6.47. The van der Waals surface area contributed by atoms with Gasteiger partial charge >= 0.3 is 0 Å². The Morgan fingerprint density at radius 1 is 1.10 bits per heavy atom. The molecule has 0 heterocycles. The third-order valence-electron chi connectivity index (χ3n) is 3.00. The third-order valence-corrected chi connectivity index (χ3v) is 3.00. The van der Waals surface area contributed by atoms with Crippen LogP contribution in [-0.2, 0) is 4.79 Å². The smallest absolute Gasteiger partial charge is 0.226 e. The number of para-hydroxylation sites is 1. The zero-order valence-corrected chi connectivity index (χ0v) is 11.3. The van der Waals surface area contributed by atoms with Gasteiger partial charge in [-0.2, -0.15) is 0 Å². The molecule has 0 atom stereocenters. The number of nitrogens with zero attached hydrogens (tertiary/aromatic N) is 1. The monoisotopic (exact) mass is 272 g/mol. The molecule has 4 heteroatoms. The van der Waals surface area contributed by atoms with Crippen LogP contribution in [-0.4, -0.2) is 19.5 Å². The van der Waals surface area contributed by atoms with Gasteiger partial charge in [0.1, 0.15) is 5.82 Å². The Labute approximate surface area is 118 Å². The summed E-state index contributed by atoms with van der Waals surface area (Å²) in [5.41, 5.74) is 1.68. The summed E-state index contributed by atoms with van der Waals surface area (Å²) in [5.74, 6) is -0.397. The normalized spacial score (nSPS) is 10.1. The lowest BCUT2D eigenvalue weighted by molar-refractivity contribution is -0.116. The molecule has 0 aromatic heterocycles. The molecule has 20 heavy (non-hydrogen) atoms. The first-order chi connectivity index (χ1) is 9.65. The van der Waals surface area contributed by atoms with Crippen LogP contribution in [0.2, 0.25) is 0 Å². The van der Waals surface area contributed by atoms with E-state index in [9.17, 15) is 9.18 Å². The maximum absolute atomic E-state index is 12.7. The fraction of sp³-hybridized carbons (Fsp3) is 0.188. The number of rotatable bonds is 5. The Morgan fingerprint density at radius 3 is 2.40 bits per heavy atom. The number of halogens is 1. The first-order valence-corrected chi connectivity index (χ1v) is 6.47. The standard InChI is InChI=1S/C16H17FN2O/c1-19(15-5-3-2-4-6-15)12-11-16(20)18-14-9-7-13(17)8-10-14/h2-10H,11-12H2,1H3,(H,18,20). The average Bonchev–Trinajstić information content (AvgIpc) is 2.48. The summed E-state index contributed by atoms with van der Waals surface area (Å²) in [6.07, 6.45) is 0.378. The van der Waals surface area contributed by atoms with Gasteiger partial charge in [0.15, 0.2) is 0 Å². The molecular weight excluding hydrogens is 255 g/mol.